The van der Waals surface area contributed by atoms with E-state index in [0.717, 1.165) is 28.4 Å². The van der Waals surface area contributed by atoms with Gasteiger partial charge in [-0.15, -0.1) is 10.2 Å². The summed E-state index contributed by atoms with van der Waals surface area (Å²) in [5.41, 5.74) is 3.07. The number of thioether (sulfide) groups is 1. The van der Waals surface area contributed by atoms with Crippen LogP contribution in [0.4, 0.5) is 0 Å². The lowest BCUT2D eigenvalue weighted by atomic mass is 10.0. The standard InChI is InChI=1S/C28H23N5O2S/c1-2-16-32-26(35)20-13-7-9-15-23(20)33-27(32)30-31-28(33)36-25(18-10-4-3-5-11-18)24(34)21-17-29-22-14-8-6-12-19(21)22/h3-15,17,25,29H,2,16H2,1H3/t25-/m0/s1. The number of aromatic amines is 1. The lowest BCUT2D eigenvalue weighted by Gasteiger charge is -2.16. The van der Waals surface area contributed by atoms with Crippen LogP contribution in [-0.2, 0) is 6.54 Å². The molecule has 0 unspecified atom stereocenters. The molecule has 1 N–H and O–H groups in total. The number of nitrogens with one attached hydrogen (secondary N) is 1. The van der Waals surface area contributed by atoms with E-state index in [1.165, 1.54) is 11.8 Å². The number of aromatic nitrogens is 5. The summed E-state index contributed by atoms with van der Waals surface area (Å²) < 4.78 is 3.56. The van der Waals surface area contributed by atoms with Gasteiger partial charge in [-0.1, -0.05) is 79.3 Å². The topological polar surface area (TPSA) is 85.0 Å². The summed E-state index contributed by atoms with van der Waals surface area (Å²) in [6.07, 6.45) is 2.56. The zero-order valence-electron chi connectivity index (χ0n) is 19.6. The van der Waals surface area contributed by atoms with Gasteiger partial charge in [-0.05, 0) is 30.2 Å². The fraction of sp³-hybridized carbons (Fsp3) is 0.143. The second-order valence-electron chi connectivity index (χ2n) is 8.61. The summed E-state index contributed by atoms with van der Waals surface area (Å²) in [6.45, 7) is 2.56. The number of carbonyl (C=O) groups excluding carboxylic acids is 1. The number of fused-ring (bicyclic) bond motifs is 4. The molecule has 0 radical (unpaired) electrons. The number of H-pyrrole nitrogens is 1. The number of benzene rings is 3. The van der Waals surface area contributed by atoms with Gasteiger partial charge in [-0.3, -0.25) is 18.6 Å². The largest absolute Gasteiger partial charge is 0.360 e. The Morgan fingerprint density at radius 2 is 1.67 bits per heavy atom. The van der Waals surface area contributed by atoms with Crippen LogP contribution in [-0.4, -0.2) is 29.9 Å². The van der Waals surface area contributed by atoms with Gasteiger partial charge in [0, 0.05) is 29.2 Å². The van der Waals surface area contributed by atoms with Crippen LogP contribution in [0.5, 0.6) is 0 Å². The van der Waals surface area contributed by atoms with E-state index in [-0.39, 0.29) is 11.3 Å². The molecule has 3 aromatic carbocycles. The molecule has 0 fully saturated rings. The fourth-order valence-electron chi connectivity index (χ4n) is 4.66. The van der Waals surface area contributed by atoms with Gasteiger partial charge in [0.25, 0.3) is 5.56 Å². The molecule has 0 spiro atoms. The molecule has 3 heterocycles. The lowest BCUT2D eigenvalue weighted by Crippen LogP contribution is -2.23. The molecule has 178 valence electrons. The van der Waals surface area contributed by atoms with E-state index in [1.807, 2.05) is 90.2 Å². The van der Waals surface area contributed by atoms with Gasteiger partial charge in [0.1, 0.15) is 5.25 Å². The third kappa shape index (κ3) is 3.61. The van der Waals surface area contributed by atoms with Gasteiger partial charge in [-0.25, -0.2) is 0 Å². The van der Waals surface area contributed by atoms with Crippen LogP contribution in [0.2, 0.25) is 0 Å². The van der Waals surface area contributed by atoms with Crippen molar-refractivity contribution >= 4 is 45.1 Å². The van der Waals surface area contributed by atoms with Gasteiger partial charge in [0.2, 0.25) is 5.78 Å². The van der Waals surface area contributed by atoms with Gasteiger partial charge < -0.3 is 4.98 Å². The van der Waals surface area contributed by atoms with Crippen molar-refractivity contribution in [2.24, 2.45) is 0 Å². The van der Waals surface area contributed by atoms with Crippen LogP contribution in [0, 0.1) is 0 Å². The summed E-state index contributed by atoms with van der Waals surface area (Å²) >= 11 is 1.35. The average molecular weight is 494 g/mol. The second-order valence-corrected chi connectivity index (χ2v) is 9.68. The van der Waals surface area contributed by atoms with Gasteiger partial charge in [0.05, 0.1) is 10.9 Å². The van der Waals surface area contributed by atoms with E-state index in [0.29, 0.717) is 28.4 Å². The highest BCUT2D eigenvalue weighted by molar-refractivity contribution is 8.00. The maximum absolute atomic E-state index is 14.0. The molecule has 0 saturated heterocycles. The lowest BCUT2D eigenvalue weighted by molar-refractivity contribution is 0.0991. The molecule has 3 aromatic heterocycles. The van der Waals surface area contributed by atoms with Crippen molar-refractivity contribution in [3.63, 3.8) is 0 Å². The molecule has 6 aromatic rings. The van der Waals surface area contributed by atoms with Crippen LogP contribution < -0.4 is 5.56 Å². The Balaban J connectivity index is 1.53. The van der Waals surface area contributed by atoms with Crippen molar-refractivity contribution in [3.05, 3.63) is 107 Å². The molecule has 1 atom stereocenters. The highest BCUT2D eigenvalue weighted by Gasteiger charge is 2.28. The summed E-state index contributed by atoms with van der Waals surface area (Å²) in [7, 11) is 0. The summed E-state index contributed by atoms with van der Waals surface area (Å²) in [4.78, 5) is 30.4. The minimum absolute atomic E-state index is 0.0217. The van der Waals surface area contributed by atoms with E-state index in [9.17, 15) is 9.59 Å². The number of Topliss-reactive ketones (excluding diaryl/α,β-unsaturated/α-hetero) is 1. The van der Waals surface area contributed by atoms with Crippen molar-refractivity contribution in [3.8, 4) is 0 Å². The summed E-state index contributed by atoms with van der Waals surface area (Å²) in [5.74, 6) is 0.459. The number of hydrogen-bond acceptors (Lipinski definition) is 5. The molecule has 0 saturated carbocycles. The van der Waals surface area contributed by atoms with Crippen molar-refractivity contribution < 1.29 is 4.79 Å². The molecule has 6 rings (SSSR count). The minimum Gasteiger partial charge on any atom is -0.360 e. The third-order valence-electron chi connectivity index (χ3n) is 6.34. The van der Waals surface area contributed by atoms with E-state index in [4.69, 9.17) is 0 Å². The predicted molar refractivity (Wildman–Crippen MR) is 143 cm³/mol. The van der Waals surface area contributed by atoms with Gasteiger partial charge >= 0.3 is 0 Å². The van der Waals surface area contributed by atoms with Crippen LogP contribution >= 0.6 is 11.8 Å². The van der Waals surface area contributed by atoms with E-state index < -0.39 is 5.25 Å². The Labute approximate surface area is 210 Å². The van der Waals surface area contributed by atoms with Crippen LogP contribution in [0.3, 0.4) is 0 Å². The van der Waals surface area contributed by atoms with Crippen LogP contribution in [0.25, 0.3) is 27.6 Å². The maximum Gasteiger partial charge on any atom is 0.262 e. The first-order valence-corrected chi connectivity index (χ1v) is 12.7. The van der Waals surface area contributed by atoms with E-state index in [1.54, 1.807) is 10.8 Å². The number of ketones is 1. The zero-order chi connectivity index (χ0) is 24.6. The number of nitrogens with zero attached hydrogens (tertiary/aromatic N) is 4. The predicted octanol–water partition coefficient (Wildman–Crippen LogP) is 5.65. The van der Waals surface area contributed by atoms with Crippen molar-refractivity contribution in [2.45, 2.75) is 30.3 Å². The molecule has 0 aliphatic carbocycles. The molecule has 0 aliphatic heterocycles. The number of aryl methyl sites for hydroxylation is 1. The maximum atomic E-state index is 14.0. The number of carbonyl (C=O) groups is 1. The fourth-order valence-corrected chi connectivity index (χ4v) is 5.77. The molecular formula is C28H23N5O2S. The normalized spacial score (nSPS) is 12.5. The summed E-state index contributed by atoms with van der Waals surface area (Å²) in [5, 5.41) is 10.4. The highest BCUT2D eigenvalue weighted by atomic mass is 32.2. The van der Waals surface area contributed by atoms with Crippen LogP contribution in [0.1, 0.15) is 34.5 Å². The number of rotatable bonds is 7. The smallest absolute Gasteiger partial charge is 0.262 e. The molecule has 0 amide bonds. The molecule has 36 heavy (non-hydrogen) atoms. The zero-order valence-corrected chi connectivity index (χ0v) is 20.4. The molecular weight excluding hydrogens is 470 g/mol. The van der Waals surface area contributed by atoms with Gasteiger partial charge in [0.15, 0.2) is 10.9 Å². The first-order valence-electron chi connectivity index (χ1n) is 11.9. The minimum atomic E-state index is -0.553. The molecule has 0 bridgehead atoms. The average Bonchev–Trinajstić information content (AvgIpc) is 3.54. The Kier molecular flexibility index (Phi) is 5.65. The van der Waals surface area contributed by atoms with Crippen molar-refractivity contribution in [1.29, 1.82) is 0 Å². The van der Waals surface area contributed by atoms with E-state index in [2.05, 4.69) is 15.2 Å². The SMILES string of the molecule is CCCn1c(=O)c2ccccc2n2c(S[C@H](C(=O)c3c[nH]c4ccccc34)c3ccccc3)nnc12. The highest BCUT2D eigenvalue weighted by Crippen LogP contribution is 2.39. The molecule has 7 nitrogen and oxygen atoms in total. The quantitative estimate of drug-likeness (QED) is 0.229. The Morgan fingerprint density at radius 1 is 0.944 bits per heavy atom. The molecule has 8 heteroatoms. The number of hydrogen-bond donors (Lipinski definition) is 1. The van der Waals surface area contributed by atoms with Crippen molar-refractivity contribution in [1.82, 2.24) is 24.1 Å². The second kappa shape index (κ2) is 9.13. The first kappa shape index (κ1) is 22.3. The Hall–Kier alpha value is -4.17. The van der Waals surface area contributed by atoms with E-state index >= 15 is 0 Å². The number of para-hydroxylation sites is 2. The third-order valence-corrected chi connectivity index (χ3v) is 7.54. The molecule has 0 aliphatic rings. The first-order chi connectivity index (χ1) is 17.7. The monoisotopic (exact) mass is 493 g/mol. The Bertz CT molecular complexity index is 1780. The summed E-state index contributed by atoms with van der Waals surface area (Å²) in [6, 6.07) is 25.0. The van der Waals surface area contributed by atoms with Gasteiger partial charge in [-0.2, -0.15) is 0 Å². The van der Waals surface area contributed by atoms with Crippen LogP contribution in [0.15, 0.2) is 95.0 Å². The van der Waals surface area contributed by atoms with Crippen molar-refractivity contribution in [2.75, 3.05) is 0 Å². The Morgan fingerprint density at radius 3 is 2.47 bits per heavy atom.